The molecule has 1 heteroatoms. The van der Waals surface area contributed by atoms with E-state index in [1.54, 1.807) is 0 Å². The zero-order chi connectivity index (χ0) is 8.70. The number of hydrogen-bond acceptors (Lipinski definition) is 1. The van der Waals surface area contributed by atoms with Crippen LogP contribution in [0, 0.1) is 11.3 Å². The Kier molecular flexibility index (Phi) is 2.04. The van der Waals surface area contributed by atoms with Crippen molar-refractivity contribution < 1.29 is 5.11 Å². The van der Waals surface area contributed by atoms with E-state index in [0.29, 0.717) is 5.92 Å². The Morgan fingerprint density at radius 1 is 1.45 bits per heavy atom. The Labute approximate surface area is 69.8 Å². The molecule has 1 saturated carbocycles. The highest BCUT2D eigenvalue weighted by Crippen LogP contribution is 2.51. The second-order valence-corrected chi connectivity index (χ2v) is 5.15. The molecule has 1 fully saturated rings. The van der Waals surface area contributed by atoms with Crippen molar-refractivity contribution in [3.63, 3.8) is 0 Å². The summed E-state index contributed by atoms with van der Waals surface area (Å²) in [6.45, 7) is 8.73. The average molecular weight is 156 g/mol. The molecule has 0 radical (unpaired) electrons. The molecule has 0 aromatic rings. The molecule has 0 saturated heterocycles. The number of rotatable bonds is 2. The van der Waals surface area contributed by atoms with Gasteiger partial charge in [0.1, 0.15) is 0 Å². The van der Waals surface area contributed by atoms with Gasteiger partial charge in [-0.2, -0.15) is 0 Å². The quantitative estimate of drug-likeness (QED) is 0.651. The highest BCUT2D eigenvalue weighted by Gasteiger charge is 2.52. The van der Waals surface area contributed by atoms with E-state index >= 15 is 0 Å². The van der Waals surface area contributed by atoms with Gasteiger partial charge in [0, 0.05) is 0 Å². The van der Waals surface area contributed by atoms with Crippen molar-refractivity contribution in [1.82, 2.24) is 0 Å². The average Bonchev–Trinajstić information content (AvgIpc) is 2.36. The fraction of sp³-hybridized carbons (Fsp3) is 1.00. The minimum Gasteiger partial charge on any atom is -0.390 e. The molecule has 66 valence electrons. The smallest absolute Gasteiger partial charge is 0.0685 e. The number of aliphatic hydroxyl groups is 1. The van der Waals surface area contributed by atoms with Crippen molar-refractivity contribution in [2.45, 2.75) is 52.6 Å². The van der Waals surface area contributed by atoms with E-state index in [1.807, 2.05) is 0 Å². The highest BCUT2D eigenvalue weighted by molar-refractivity contribution is 5.04. The van der Waals surface area contributed by atoms with E-state index in [9.17, 15) is 5.11 Å². The fourth-order valence-electron chi connectivity index (χ4n) is 2.03. The van der Waals surface area contributed by atoms with Gasteiger partial charge in [0.2, 0.25) is 0 Å². The molecule has 0 amide bonds. The summed E-state index contributed by atoms with van der Waals surface area (Å²) in [6.07, 6.45) is 3.12. The third kappa shape index (κ3) is 2.19. The fourth-order valence-corrected chi connectivity index (χ4v) is 2.03. The van der Waals surface area contributed by atoms with E-state index in [-0.39, 0.29) is 11.0 Å². The van der Waals surface area contributed by atoms with E-state index in [0.717, 1.165) is 19.3 Å². The molecule has 0 spiro atoms. The highest BCUT2D eigenvalue weighted by atomic mass is 16.3. The molecule has 2 atom stereocenters. The van der Waals surface area contributed by atoms with E-state index in [2.05, 4.69) is 27.7 Å². The Balaban J connectivity index is 2.40. The molecular weight excluding hydrogens is 136 g/mol. The lowest BCUT2D eigenvalue weighted by atomic mass is 9.87. The lowest BCUT2D eigenvalue weighted by molar-refractivity contribution is 0.0813. The largest absolute Gasteiger partial charge is 0.390 e. The van der Waals surface area contributed by atoms with E-state index in [4.69, 9.17) is 0 Å². The molecule has 0 aliphatic heterocycles. The summed E-state index contributed by atoms with van der Waals surface area (Å²) in [5.74, 6) is 0.585. The predicted molar refractivity (Wildman–Crippen MR) is 47.4 cm³/mol. The van der Waals surface area contributed by atoms with Crippen LogP contribution in [-0.2, 0) is 0 Å². The van der Waals surface area contributed by atoms with Crippen LogP contribution in [0.2, 0.25) is 0 Å². The number of hydrogen-bond donors (Lipinski definition) is 1. The second kappa shape index (κ2) is 2.48. The van der Waals surface area contributed by atoms with Gasteiger partial charge in [-0.25, -0.2) is 0 Å². The van der Waals surface area contributed by atoms with Crippen LogP contribution in [0.1, 0.15) is 47.0 Å². The minimum absolute atomic E-state index is 0.276. The Hall–Kier alpha value is -0.0400. The van der Waals surface area contributed by atoms with Gasteiger partial charge in [0.25, 0.3) is 0 Å². The molecule has 2 unspecified atom stereocenters. The first-order chi connectivity index (χ1) is 4.87. The summed E-state index contributed by atoms with van der Waals surface area (Å²) in [5.41, 5.74) is -0.0222. The molecule has 1 rings (SSSR count). The van der Waals surface area contributed by atoms with Gasteiger partial charge < -0.3 is 5.11 Å². The summed E-state index contributed by atoms with van der Waals surface area (Å²) < 4.78 is 0. The van der Waals surface area contributed by atoms with Crippen molar-refractivity contribution >= 4 is 0 Å². The topological polar surface area (TPSA) is 20.2 Å². The molecule has 1 aliphatic carbocycles. The molecule has 0 aromatic heterocycles. The minimum atomic E-state index is -0.299. The lowest BCUT2D eigenvalue weighted by Gasteiger charge is -2.22. The van der Waals surface area contributed by atoms with Crippen LogP contribution < -0.4 is 0 Å². The first kappa shape index (κ1) is 9.05. The summed E-state index contributed by atoms with van der Waals surface area (Å²) in [6, 6.07) is 0. The van der Waals surface area contributed by atoms with Crippen LogP contribution in [0.25, 0.3) is 0 Å². The van der Waals surface area contributed by atoms with Gasteiger partial charge in [0.05, 0.1) is 5.60 Å². The first-order valence-electron chi connectivity index (χ1n) is 4.60. The van der Waals surface area contributed by atoms with Crippen LogP contribution in [0.4, 0.5) is 0 Å². The molecule has 0 bridgehead atoms. The Morgan fingerprint density at radius 3 is 2.27 bits per heavy atom. The monoisotopic (exact) mass is 156 g/mol. The Bertz CT molecular complexity index is 145. The van der Waals surface area contributed by atoms with Gasteiger partial charge in [-0.3, -0.25) is 0 Å². The van der Waals surface area contributed by atoms with Gasteiger partial charge in [-0.05, 0) is 24.2 Å². The van der Waals surface area contributed by atoms with Gasteiger partial charge in [-0.1, -0.05) is 34.1 Å². The van der Waals surface area contributed by atoms with Crippen LogP contribution in [0.3, 0.4) is 0 Å². The van der Waals surface area contributed by atoms with Crippen molar-refractivity contribution in [2.75, 3.05) is 0 Å². The van der Waals surface area contributed by atoms with E-state index in [1.165, 1.54) is 0 Å². The van der Waals surface area contributed by atoms with Crippen molar-refractivity contribution in [2.24, 2.45) is 11.3 Å². The zero-order valence-corrected chi connectivity index (χ0v) is 8.15. The van der Waals surface area contributed by atoms with Crippen molar-refractivity contribution in [1.29, 1.82) is 0 Å². The molecule has 0 aromatic carbocycles. The maximum absolute atomic E-state index is 9.92. The molecule has 0 heterocycles. The maximum atomic E-state index is 9.92. The van der Waals surface area contributed by atoms with Crippen LogP contribution in [0.5, 0.6) is 0 Å². The van der Waals surface area contributed by atoms with Crippen LogP contribution in [-0.4, -0.2) is 10.7 Å². The van der Waals surface area contributed by atoms with Gasteiger partial charge in [0.15, 0.2) is 0 Å². The third-order valence-electron chi connectivity index (χ3n) is 2.53. The molecule has 1 nitrogen and oxygen atoms in total. The van der Waals surface area contributed by atoms with Gasteiger partial charge in [-0.15, -0.1) is 0 Å². The summed E-state index contributed by atoms with van der Waals surface area (Å²) in [4.78, 5) is 0. The summed E-state index contributed by atoms with van der Waals surface area (Å²) >= 11 is 0. The summed E-state index contributed by atoms with van der Waals surface area (Å²) in [5, 5.41) is 9.92. The molecule has 1 N–H and O–H groups in total. The van der Waals surface area contributed by atoms with Gasteiger partial charge >= 0.3 is 0 Å². The van der Waals surface area contributed by atoms with Crippen molar-refractivity contribution in [3.05, 3.63) is 0 Å². The normalized spacial score (nSPS) is 37.4. The first-order valence-corrected chi connectivity index (χ1v) is 4.60. The summed E-state index contributed by atoms with van der Waals surface area (Å²) in [7, 11) is 0. The molecule has 11 heavy (non-hydrogen) atoms. The van der Waals surface area contributed by atoms with E-state index < -0.39 is 0 Å². The Morgan fingerprint density at radius 2 is 2.00 bits per heavy atom. The third-order valence-corrected chi connectivity index (χ3v) is 2.53. The predicted octanol–water partition coefficient (Wildman–Crippen LogP) is 2.58. The van der Waals surface area contributed by atoms with Crippen LogP contribution >= 0.6 is 0 Å². The van der Waals surface area contributed by atoms with Crippen molar-refractivity contribution in [3.8, 4) is 0 Å². The lowest BCUT2D eigenvalue weighted by Crippen LogP contribution is -2.20. The molecular formula is C10H20O. The van der Waals surface area contributed by atoms with Crippen LogP contribution in [0.15, 0.2) is 0 Å². The molecule has 1 aliphatic rings. The standard InChI is InChI=1S/C10H20O/c1-5-8-6-10(8,11)7-9(2,3)4/h8,11H,5-7H2,1-4H3. The maximum Gasteiger partial charge on any atom is 0.0685 e. The SMILES string of the molecule is CCC1CC1(O)CC(C)(C)C. The zero-order valence-electron chi connectivity index (χ0n) is 8.15. The second-order valence-electron chi connectivity index (χ2n) is 5.15.